The Labute approximate surface area is 253 Å². The third-order valence-corrected chi connectivity index (χ3v) is 10.9. The quantitative estimate of drug-likeness (QED) is 0.332. The average Bonchev–Trinajstić information content (AvgIpc) is 3.27. The fourth-order valence-corrected chi connectivity index (χ4v) is 8.65. The van der Waals surface area contributed by atoms with Crippen molar-refractivity contribution in [3.8, 4) is 0 Å². The summed E-state index contributed by atoms with van der Waals surface area (Å²) in [5.74, 6) is -6.92. The molecule has 0 heterocycles. The summed E-state index contributed by atoms with van der Waals surface area (Å²) in [6, 6.07) is 16.5. The van der Waals surface area contributed by atoms with Crippen LogP contribution in [-0.2, 0) is 11.2 Å². The van der Waals surface area contributed by atoms with Crippen molar-refractivity contribution in [3.05, 3.63) is 94.1 Å². The van der Waals surface area contributed by atoms with Crippen LogP contribution in [0.1, 0.15) is 79.3 Å². The van der Waals surface area contributed by atoms with E-state index in [4.69, 9.17) is 0 Å². The second-order valence-corrected chi connectivity index (χ2v) is 13.1. The fraction of sp³-hybridized carbons (Fsp3) is 0.486. The Morgan fingerprint density at radius 3 is 2.36 bits per heavy atom. The summed E-state index contributed by atoms with van der Waals surface area (Å²) in [4.78, 5) is 25.1. The van der Waals surface area contributed by atoms with Gasteiger partial charge in [-0.25, -0.2) is 0 Å². The van der Waals surface area contributed by atoms with E-state index in [0.29, 0.717) is 49.8 Å². The van der Waals surface area contributed by atoms with Crippen molar-refractivity contribution in [1.29, 1.82) is 0 Å². The van der Waals surface area contributed by atoms with Gasteiger partial charge in [0.15, 0.2) is 5.78 Å². The second-order valence-electron chi connectivity index (χ2n) is 13.1. The van der Waals surface area contributed by atoms with E-state index in [1.165, 1.54) is 6.92 Å². The molecule has 2 N–H and O–H groups in total. The lowest BCUT2D eigenvalue weighted by Crippen LogP contribution is -2.65. The molecule has 6 rings (SSSR count). The molecule has 0 spiro atoms. The summed E-state index contributed by atoms with van der Waals surface area (Å²) in [6.45, 7) is 1.84. The number of amides is 1. The Bertz CT molecular complexity index is 1510. The second kappa shape index (κ2) is 10.9. The summed E-state index contributed by atoms with van der Waals surface area (Å²) in [7, 11) is 0. The van der Waals surface area contributed by atoms with E-state index in [1.54, 1.807) is 30.3 Å². The smallest absolute Gasteiger partial charge is 0.383 e. The molecule has 234 valence electrons. The molecule has 4 aliphatic carbocycles. The molecule has 9 heteroatoms. The number of allylic oxidation sites excluding steroid dienone is 4. The van der Waals surface area contributed by atoms with Crippen LogP contribution in [-0.4, -0.2) is 41.0 Å². The van der Waals surface area contributed by atoms with Crippen LogP contribution in [0, 0.1) is 17.3 Å². The first kappa shape index (κ1) is 30.7. The molecule has 0 bridgehead atoms. The zero-order valence-electron chi connectivity index (χ0n) is 24.5. The standard InChI is InChI=1S/C35H36F5NO3/c1-32-20-28(22-7-9-23(10-8-22)31(43)41-18-16-21-5-3-2-4-6-21)30-26-14-12-25(42)19-24(26)11-13-27(30)29(32)15-17-33(32,44)34(36,37)35(38,39)40/h2-10,19,27-29,44H,11-18,20H2,1H3,(H,41,43)/t27-,28+,29-,32-,33-/m0/s1. The van der Waals surface area contributed by atoms with Gasteiger partial charge in [-0.15, -0.1) is 0 Å². The number of ketones is 1. The number of aliphatic hydroxyl groups is 1. The van der Waals surface area contributed by atoms with Gasteiger partial charge in [0.25, 0.3) is 5.91 Å². The van der Waals surface area contributed by atoms with Crippen LogP contribution in [0.3, 0.4) is 0 Å². The van der Waals surface area contributed by atoms with Gasteiger partial charge >= 0.3 is 12.1 Å². The summed E-state index contributed by atoms with van der Waals surface area (Å²) in [6.07, 6.45) is -2.37. The summed E-state index contributed by atoms with van der Waals surface area (Å²) in [5.41, 5.74) is 0.143. The van der Waals surface area contributed by atoms with Crippen LogP contribution in [0.15, 0.2) is 77.4 Å². The molecule has 0 saturated heterocycles. The van der Waals surface area contributed by atoms with Crippen LogP contribution in [0.4, 0.5) is 22.0 Å². The molecular formula is C35H36F5NO3. The number of nitrogens with one attached hydrogen (secondary N) is 1. The first-order valence-electron chi connectivity index (χ1n) is 15.3. The molecule has 5 atom stereocenters. The van der Waals surface area contributed by atoms with Crippen molar-refractivity contribution in [2.75, 3.05) is 6.54 Å². The number of benzene rings is 2. The van der Waals surface area contributed by atoms with Crippen LogP contribution >= 0.6 is 0 Å². The van der Waals surface area contributed by atoms with Crippen molar-refractivity contribution in [1.82, 2.24) is 5.32 Å². The molecule has 1 amide bonds. The third kappa shape index (κ3) is 4.82. The predicted molar refractivity (Wildman–Crippen MR) is 155 cm³/mol. The van der Waals surface area contributed by atoms with Crippen LogP contribution in [0.25, 0.3) is 0 Å². The van der Waals surface area contributed by atoms with E-state index in [0.717, 1.165) is 22.3 Å². The van der Waals surface area contributed by atoms with Crippen LogP contribution < -0.4 is 5.32 Å². The van der Waals surface area contributed by atoms with Crippen molar-refractivity contribution in [2.24, 2.45) is 17.3 Å². The molecule has 0 radical (unpaired) electrons. The molecule has 44 heavy (non-hydrogen) atoms. The Balaban J connectivity index is 1.34. The number of hydrogen-bond acceptors (Lipinski definition) is 3. The molecule has 4 aliphatic rings. The minimum atomic E-state index is -5.89. The van der Waals surface area contributed by atoms with Crippen molar-refractivity contribution in [3.63, 3.8) is 0 Å². The highest BCUT2D eigenvalue weighted by molar-refractivity contribution is 5.94. The molecule has 0 aliphatic heterocycles. The zero-order chi connectivity index (χ0) is 31.5. The number of halogens is 5. The Kier molecular flexibility index (Phi) is 7.62. The van der Waals surface area contributed by atoms with Gasteiger partial charge < -0.3 is 10.4 Å². The van der Waals surface area contributed by atoms with Gasteiger partial charge in [0.1, 0.15) is 5.60 Å². The van der Waals surface area contributed by atoms with E-state index in [9.17, 15) is 27.9 Å². The van der Waals surface area contributed by atoms with Gasteiger partial charge in [-0.2, -0.15) is 22.0 Å². The maximum absolute atomic E-state index is 15.2. The lowest BCUT2D eigenvalue weighted by Gasteiger charge is -2.56. The Hall–Kier alpha value is -3.33. The van der Waals surface area contributed by atoms with E-state index in [2.05, 4.69) is 5.32 Å². The van der Waals surface area contributed by atoms with Crippen LogP contribution in [0.5, 0.6) is 0 Å². The van der Waals surface area contributed by atoms with Crippen molar-refractivity contribution >= 4 is 11.7 Å². The lowest BCUT2D eigenvalue weighted by atomic mass is 9.50. The van der Waals surface area contributed by atoms with Gasteiger partial charge in [0, 0.05) is 29.9 Å². The van der Waals surface area contributed by atoms with Crippen molar-refractivity contribution in [2.45, 2.75) is 81.9 Å². The van der Waals surface area contributed by atoms with E-state index >= 15 is 8.78 Å². The number of hydrogen-bond donors (Lipinski definition) is 2. The molecule has 0 aromatic heterocycles. The molecule has 2 aromatic carbocycles. The first-order chi connectivity index (χ1) is 20.8. The third-order valence-electron chi connectivity index (χ3n) is 10.9. The number of fused-ring (bicyclic) bond motifs is 4. The molecule has 0 unspecified atom stereocenters. The Morgan fingerprint density at radius 1 is 0.977 bits per heavy atom. The maximum Gasteiger partial charge on any atom is 0.456 e. The molecule has 2 fully saturated rings. The highest BCUT2D eigenvalue weighted by Crippen LogP contribution is 2.70. The topological polar surface area (TPSA) is 66.4 Å². The lowest BCUT2D eigenvalue weighted by molar-refractivity contribution is -0.362. The van der Waals surface area contributed by atoms with Gasteiger partial charge in [-0.05, 0) is 97.3 Å². The van der Waals surface area contributed by atoms with E-state index in [-0.39, 0.29) is 30.4 Å². The Morgan fingerprint density at radius 2 is 1.68 bits per heavy atom. The number of alkyl halides is 5. The largest absolute Gasteiger partial charge is 0.456 e. The minimum Gasteiger partial charge on any atom is -0.383 e. The molecule has 4 nitrogen and oxygen atoms in total. The summed E-state index contributed by atoms with van der Waals surface area (Å²) >= 11 is 0. The molecular weight excluding hydrogens is 577 g/mol. The van der Waals surface area contributed by atoms with Gasteiger partial charge in [-0.1, -0.05) is 55.0 Å². The molecule has 2 saturated carbocycles. The minimum absolute atomic E-state index is 0.0303. The first-order valence-corrected chi connectivity index (χ1v) is 15.3. The maximum atomic E-state index is 15.2. The van der Waals surface area contributed by atoms with Gasteiger partial charge in [-0.3, -0.25) is 9.59 Å². The summed E-state index contributed by atoms with van der Waals surface area (Å²) < 4.78 is 71.7. The number of rotatable bonds is 6. The average molecular weight is 614 g/mol. The zero-order valence-corrected chi connectivity index (χ0v) is 24.5. The van der Waals surface area contributed by atoms with Crippen LogP contribution in [0.2, 0.25) is 0 Å². The van der Waals surface area contributed by atoms with Gasteiger partial charge in [0.05, 0.1) is 0 Å². The van der Waals surface area contributed by atoms with Crippen molar-refractivity contribution < 1.29 is 36.6 Å². The van der Waals surface area contributed by atoms with Gasteiger partial charge in [0.2, 0.25) is 0 Å². The number of carbonyl (C=O) groups excluding carboxylic acids is 2. The van der Waals surface area contributed by atoms with E-state index < -0.39 is 41.4 Å². The highest BCUT2D eigenvalue weighted by atomic mass is 19.4. The number of carbonyl (C=O) groups is 2. The SMILES string of the molecule is C[C@]12C[C@H](c3ccc(C(=O)NCCc4ccccc4)cc3)C3=C4CCC(=O)C=C4CC[C@H]3[C@@H]1CC[C@@]2(O)C(F)(F)C(F)(F)F. The van der Waals surface area contributed by atoms with E-state index in [1.807, 2.05) is 30.3 Å². The molecule has 2 aromatic rings. The fourth-order valence-electron chi connectivity index (χ4n) is 8.65. The predicted octanol–water partition coefficient (Wildman–Crippen LogP) is 7.49. The normalized spacial score (nSPS) is 30.3. The monoisotopic (exact) mass is 613 g/mol. The highest BCUT2D eigenvalue weighted by Gasteiger charge is 2.79. The summed E-state index contributed by atoms with van der Waals surface area (Å²) in [5, 5.41) is 14.3.